The van der Waals surface area contributed by atoms with Crippen LogP contribution in [0, 0.1) is 6.92 Å². The summed E-state index contributed by atoms with van der Waals surface area (Å²) >= 11 is 3.08. The first-order valence-electron chi connectivity index (χ1n) is 4.26. The number of rotatable bonds is 2. The van der Waals surface area contributed by atoms with Gasteiger partial charge in [-0.3, -0.25) is 9.78 Å². The first-order chi connectivity index (χ1) is 6.24. The number of halogens is 1. The molecule has 0 unspecified atom stereocenters. The van der Waals surface area contributed by atoms with Crippen LogP contribution in [0.5, 0.6) is 0 Å². The minimum absolute atomic E-state index is 0.0185. The smallest absolute Gasteiger partial charge is 0.191 e. The highest BCUT2D eigenvalue weighted by Gasteiger charge is 2.02. The third-order valence-corrected chi connectivity index (χ3v) is 1.83. The first-order valence-corrected chi connectivity index (χ1v) is 5.38. The highest BCUT2D eigenvalue weighted by atomic mass is 79.9. The molecule has 1 aromatic rings. The van der Waals surface area contributed by atoms with E-state index < -0.39 is 0 Å². The summed E-state index contributed by atoms with van der Waals surface area (Å²) < 4.78 is 0. The summed E-state index contributed by atoms with van der Waals surface area (Å²) in [7, 11) is 0. The Balaban J connectivity index is 0.000000671. The molecule has 1 rings (SSSR count). The SMILES string of the molecule is CC.Cc1ccc(C(=O)CBr)nc1. The zero-order chi connectivity index (χ0) is 10.3. The molecule has 0 radical (unpaired) electrons. The molecule has 0 spiro atoms. The maximum atomic E-state index is 11.0. The number of nitrogens with zero attached hydrogens (tertiary/aromatic N) is 1. The van der Waals surface area contributed by atoms with Gasteiger partial charge in [0.2, 0.25) is 0 Å². The molecule has 0 aliphatic heterocycles. The number of Topliss-reactive ketones (excluding diaryl/α,β-unsaturated/α-hetero) is 1. The van der Waals surface area contributed by atoms with Crippen molar-refractivity contribution in [3.63, 3.8) is 0 Å². The topological polar surface area (TPSA) is 30.0 Å². The van der Waals surface area contributed by atoms with Crippen LogP contribution in [0.25, 0.3) is 0 Å². The third-order valence-electron chi connectivity index (χ3n) is 1.32. The summed E-state index contributed by atoms with van der Waals surface area (Å²) in [5.41, 5.74) is 1.59. The van der Waals surface area contributed by atoms with Gasteiger partial charge in [0, 0.05) is 6.20 Å². The van der Waals surface area contributed by atoms with Crippen molar-refractivity contribution in [1.82, 2.24) is 4.98 Å². The van der Waals surface area contributed by atoms with E-state index in [1.165, 1.54) is 0 Å². The van der Waals surface area contributed by atoms with Crippen LogP contribution in [0.1, 0.15) is 29.9 Å². The van der Waals surface area contributed by atoms with Crippen LogP contribution in [0.2, 0.25) is 0 Å². The number of aromatic nitrogens is 1. The monoisotopic (exact) mass is 243 g/mol. The Morgan fingerprint density at radius 2 is 2.08 bits per heavy atom. The molecule has 0 aromatic carbocycles. The number of carbonyl (C=O) groups is 1. The number of hydrogen-bond acceptors (Lipinski definition) is 2. The van der Waals surface area contributed by atoms with E-state index in [4.69, 9.17) is 0 Å². The molecular formula is C10H14BrNO. The quantitative estimate of drug-likeness (QED) is 0.591. The van der Waals surface area contributed by atoms with Gasteiger partial charge in [-0.2, -0.15) is 0 Å². The van der Waals surface area contributed by atoms with Gasteiger partial charge in [0.25, 0.3) is 0 Å². The summed E-state index contributed by atoms with van der Waals surface area (Å²) in [5.74, 6) is 0.0185. The second-order valence-corrected chi connectivity index (χ2v) is 2.84. The van der Waals surface area contributed by atoms with Crippen LogP contribution in [0.15, 0.2) is 18.3 Å². The lowest BCUT2D eigenvalue weighted by atomic mass is 10.2. The average Bonchev–Trinajstić information content (AvgIpc) is 2.21. The molecule has 0 atom stereocenters. The van der Waals surface area contributed by atoms with E-state index in [9.17, 15) is 4.79 Å². The predicted octanol–water partition coefficient (Wildman–Crippen LogP) is 2.99. The van der Waals surface area contributed by atoms with Crippen LogP contribution in [0.4, 0.5) is 0 Å². The third kappa shape index (κ3) is 4.18. The van der Waals surface area contributed by atoms with Crippen LogP contribution in [-0.4, -0.2) is 16.1 Å². The lowest BCUT2D eigenvalue weighted by Crippen LogP contribution is -2.02. The Kier molecular flexibility index (Phi) is 6.41. The van der Waals surface area contributed by atoms with Crippen LogP contribution in [0.3, 0.4) is 0 Å². The molecule has 13 heavy (non-hydrogen) atoms. The summed E-state index contributed by atoms with van der Waals surface area (Å²) in [5, 5.41) is 0.336. The predicted molar refractivity (Wildman–Crippen MR) is 58.4 cm³/mol. The molecule has 0 bridgehead atoms. The fraction of sp³-hybridized carbons (Fsp3) is 0.400. The molecule has 0 fully saturated rings. The molecule has 0 aliphatic carbocycles. The highest BCUT2D eigenvalue weighted by molar-refractivity contribution is 9.09. The van der Waals surface area contributed by atoms with E-state index in [1.54, 1.807) is 12.3 Å². The van der Waals surface area contributed by atoms with Crippen LogP contribution in [-0.2, 0) is 0 Å². The van der Waals surface area contributed by atoms with Gasteiger partial charge >= 0.3 is 0 Å². The summed E-state index contributed by atoms with van der Waals surface area (Å²) in [6.07, 6.45) is 1.69. The van der Waals surface area contributed by atoms with E-state index in [0.717, 1.165) is 5.56 Å². The van der Waals surface area contributed by atoms with Crippen molar-refractivity contribution in [3.05, 3.63) is 29.6 Å². The Bertz CT molecular complexity index is 256. The number of ketones is 1. The molecule has 1 heterocycles. The first kappa shape index (κ1) is 12.3. The molecule has 0 amide bonds. The van der Waals surface area contributed by atoms with Crippen molar-refractivity contribution in [2.75, 3.05) is 5.33 Å². The Morgan fingerprint density at radius 3 is 2.46 bits per heavy atom. The molecule has 1 aromatic heterocycles. The summed E-state index contributed by atoms with van der Waals surface area (Å²) in [6, 6.07) is 3.61. The number of carbonyl (C=O) groups excluding carboxylic acids is 1. The van der Waals surface area contributed by atoms with Crippen molar-refractivity contribution in [2.45, 2.75) is 20.8 Å². The maximum Gasteiger partial charge on any atom is 0.191 e. The zero-order valence-electron chi connectivity index (χ0n) is 8.17. The molecule has 3 heteroatoms. The Labute approximate surface area is 87.5 Å². The van der Waals surface area contributed by atoms with Crippen molar-refractivity contribution in [3.8, 4) is 0 Å². The van der Waals surface area contributed by atoms with E-state index in [-0.39, 0.29) is 5.78 Å². The normalized spacial score (nSPS) is 8.62. The number of pyridine rings is 1. The van der Waals surface area contributed by atoms with Crippen molar-refractivity contribution < 1.29 is 4.79 Å². The van der Waals surface area contributed by atoms with E-state index in [1.807, 2.05) is 26.8 Å². The molecule has 2 nitrogen and oxygen atoms in total. The van der Waals surface area contributed by atoms with Gasteiger partial charge in [-0.1, -0.05) is 35.8 Å². The number of alkyl halides is 1. The highest BCUT2D eigenvalue weighted by Crippen LogP contribution is 2.00. The fourth-order valence-electron chi connectivity index (χ4n) is 0.701. The molecule has 72 valence electrons. The second kappa shape index (κ2) is 6.78. The molecule has 0 saturated heterocycles. The lowest BCUT2D eigenvalue weighted by Gasteiger charge is -1.95. The van der Waals surface area contributed by atoms with E-state index in [0.29, 0.717) is 11.0 Å². The largest absolute Gasteiger partial charge is 0.291 e. The van der Waals surface area contributed by atoms with Gasteiger partial charge in [0.15, 0.2) is 5.78 Å². The molecule has 0 aliphatic rings. The van der Waals surface area contributed by atoms with Crippen molar-refractivity contribution in [1.29, 1.82) is 0 Å². The van der Waals surface area contributed by atoms with Gasteiger partial charge in [0.05, 0.1) is 5.33 Å². The zero-order valence-corrected chi connectivity index (χ0v) is 9.76. The Morgan fingerprint density at radius 1 is 1.46 bits per heavy atom. The van der Waals surface area contributed by atoms with E-state index in [2.05, 4.69) is 20.9 Å². The lowest BCUT2D eigenvalue weighted by molar-refractivity contribution is 0.101. The maximum absolute atomic E-state index is 11.0. The van der Waals surface area contributed by atoms with Gasteiger partial charge in [0.1, 0.15) is 5.69 Å². The number of hydrogen-bond donors (Lipinski definition) is 0. The van der Waals surface area contributed by atoms with Crippen molar-refractivity contribution >= 4 is 21.7 Å². The van der Waals surface area contributed by atoms with Gasteiger partial charge < -0.3 is 0 Å². The fourth-order valence-corrected chi connectivity index (χ4v) is 0.988. The Hall–Kier alpha value is -0.700. The second-order valence-electron chi connectivity index (χ2n) is 2.28. The minimum atomic E-state index is 0.0185. The standard InChI is InChI=1S/C8H8BrNO.C2H6/c1-6-2-3-7(10-5-6)8(11)4-9;1-2/h2-3,5H,4H2,1H3;1-2H3. The molecule has 0 saturated carbocycles. The van der Waals surface area contributed by atoms with Gasteiger partial charge in [-0.25, -0.2) is 0 Å². The average molecular weight is 244 g/mol. The summed E-state index contributed by atoms with van der Waals surface area (Å²) in [4.78, 5) is 15.0. The van der Waals surface area contributed by atoms with Crippen LogP contribution < -0.4 is 0 Å². The minimum Gasteiger partial charge on any atom is -0.291 e. The van der Waals surface area contributed by atoms with Gasteiger partial charge in [-0.15, -0.1) is 0 Å². The van der Waals surface area contributed by atoms with E-state index >= 15 is 0 Å². The van der Waals surface area contributed by atoms with Gasteiger partial charge in [-0.05, 0) is 18.6 Å². The molecular weight excluding hydrogens is 230 g/mol. The molecule has 0 N–H and O–H groups in total. The van der Waals surface area contributed by atoms with Crippen LogP contribution >= 0.6 is 15.9 Å². The summed E-state index contributed by atoms with van der Waals surface area (Å²) in [6.45, 7) is 5.94. The number of aryl methyl sites for hydroxylation is 1. The van der Waals surface area contributed by atoms with Crippen molar-refractivity contribution in [2.24, 2.45) is 0 Å².